The molecule has 0 aliphatic carbocycles. The number of anilines is 1. The standard InChI is InChI=1S/C12H12BrN3O2S2/c1-7(18-9-5-3-8(13)4-6-9)10(17)14-11-15-16-12(19-2)20-11/h3-7H,1-2H3,(H,14,15,17). The van der Waals surface area contributed by atoms with Gasteiger partial charge in [0, 0.05) is 4.47 Å². The lowest BCUT2D eigenvalue weighted by molar-refractivity contribution is -0.122. The van der Waals surface area contributed by atoms with Crippen molar-refractivity contribution in [3.05, 3.63) is 28.7 Å². The molecule has 1 aromatic heterocycles. The van der Waals surface area contributed by atoms with E-state index in [4.69, 9.17) is 4.74 Å². The van der Waals surface area contributed by atoms with Crippen LogP contribution in [0.2, 0.25) is 0 Å². The molecule has 20 heavy (non-hydrogen) atoms. The minimum atomic E-state index is -0.613. The van der Waals surface area contributed by atoms with Crippen LogP contribution in [0.5, 0.6) is 5.75 Å². The van der Waals surface area contributed by atoms with Gasteiger partial charge in [0.1, 0.15) is 5.75 Å². The van der Waals surface area contributed by atoms with E-state index in [9.17, 15) is 4.79 Å². The van der Waals surface area contributed by atoms with Gasteiger partial charge >= 0.3 is 0 Å². The van der Waals surface area contributed by atoms with Crippen LogP contribution in [0.4, 0.5) is 5.13 Å². The van der Waals surface area contributed by atoms with E-state index in [1.165, 1.54) is 23.1 Å². The number of aromatic nitrogens is 2. The van der Waals surface area contributed by atoms with E-state index in [-0.39, 0.29) is 5.91 Å². The Balaban J connectivity index is 1.93. The van der Waals surface area contributed by atoms with Gasteiger partial charge in [0.05, 0.1) is 0 Å². The van der Waals surface area contributed by atoms with Crippen molar-refractivity contribution in [3.63, 3.8) is 0 Å². The summed E-state index contributed by atoms with van der Waals surface area (Å²) in [6, 6.07) is 7.31. The van der Waals surface area contributed by atoms with Gasteiger partial charge in [-0.15, -0.1) is 10.2 Å². The second-order valence-corrected chi connectivity index (χ2v) is 6.73. The van der Waals surface area contributed by atoms with E-state index in [2.05, 4.69) is 31.4 Å². The highest BCUT2D eigenvalue weighted by Crippen LogP contribution is 2.23. The van der Waals surface area contributed by atoms with Crippen molar-refractivity contribution in [1.82, 2.24) is 10.2 Å². The Morgan fingerprint density at radius 3 is 2.70 bits per heavy atom. The van der Waals surface area contributed by atoms with Gasteiger partial charge in [0.15, 0.2) is 10.4 Å². The highest BCUT2D eigenvalue weighted by atomic mass is 79.9. The molecule has 0 aliphatic rings. The lowest BCUT2D eigenvalue weighted by Crippen LogP contribution is -2.30. The summed E-state index contributed by atoms with van der Waals surface area (Å²) in [5, 5.41) is 11.0. The summed E-state index contributed by atoms with van der Waals surface area (Å²) in [4.78, 5) is 12.0. The first kappa shape index (κ1) is 15.3. The predicted octanol–water partition coefficient (Wildman–Crippen LogP) is 3.43. The molecule has 2 aromatic rings. The molecule has 0 spiro atoms. The topological polar surface area (TPSA) is 64.1 Å². The number of benzene rings is 1. The van der Waals surface area contributed by atoms with Crippen LogP contribution in [0.15, 0.2) is 33.1 Å². The Kier molecular flexibility index (Phi) is 5.38. The number of amides is 1. The molecule has 1 amide bonds. The first-order valence-electron chi connectivity index (χ1n) is 5.69. The van der Waals surface area contributed by atoms with Crippen LogP contribution in [-0.4, -0.2) is 28.5 Å². The van der Waals surface area contributed by atoms with Gasteiger partial charge in [0.2, 0.25) is 5.13 Å². The lowest BCUT2D eigenvalue weighted by Gasteiger charge is -2.13. The van der Waals surface area contributed by atoms with Gasteiger partial charge in [-0.05, 0) is 37.4 Å². The van der Waals surface area contributed by atoms with E-state index in [1.54, 1.807) is 19.1 Å². The van der Waals surface area contributed by atoms with Crippen molar-refractivity contribution in [2.45, 2.75) is 17.4 Å². The van der Waals surface area contributed by atoms with E-state index in [0.717, 1.165) is 8.81 Å². The molecule has 1 atom stereocenters. The molecular weight excluding hydrogens is 362 g/mol. The number of halogens is 1. The monoisotopic (exact) mass is 373 g/mol. The largest absolute Gasteiger partial charge is 0.481 e. The number of hydrogen-bond donors (Lipinski definition) is 1. The van der Waals surface area contributed by atoms with Crippen LogP contribution in [0.25, 0.3) is 0 Å². The molecule has 0 bridgehead atoms. The summed E-state index contributed by atoms with van der Waals surface area (Å²) < 4.78 is 7.32. The number of rotatable bonds is 5. The summed E-state index contributed by atoms with van der Waals surface area (Å²) in [5.41, 5.74) is 0. The molecule has 1 N–H and O–H groups in total. The van der Waals surface area contributed by atoms with Crippen LogP contribution in [0.1, 0.15) is 6.92 Å². The van der Waals surface area contributed by atoms with Crippen LogP contribution in [-0.2, 0) is 4.79 Å². The SMILES string of the molecule is CSc1nnc(NC(=O)C(C)Oc2ccc(Br)cc2)s1. The predicted molar refractivity (Wildman–Crippen MR) is 84.6 cm³/mol. The summed E-state index contributed by atoms with van der Waals surface area (Å²) in [6.07, 6.45) is 1.29. The Hall–Kier alpha value is -1.12. The maximum Gasteiger partial charge on any atom is 0.266 e. The molecule has 1 unspecified atom stereocenters. The number of nitrogens with zero attached hydrogens (tertiary/aromatic N) is 2. The number of carbonyl (C=O) groups excluding carboxylic acids is 1. The lowest BCUT2D eigenvalue weighted by atomic mass is 10.3. The van der Waals surface area contributed by atoms with E-state index < -0.39 is 6.10 Å². The normalized spacial score (nSPS) is 11.9. The fourth-order valence-electron chi connectivity index (χ4n) is 1.32. The summed E-state index contributed by atoms with van der Waals surface area (Å²) in [6.45, 7) is 1.69. The molecule has 2 rings (SSSR count). The summed E-state index contributed by atoms with van der Waals surface area (Å²) in [7, 11) is 0. The first-order valence-corrected chi connectivity index (χ1v) is 8.52. The van der Waals surface area contributed by atoms with Gasteiger partial charge in [-0.2, -0.15) is 0 Å². The maximum atomic E-state index is 12.0. The average molecular weight is 374 g/mol. The van der Waals surface area contributed by atoms with Crippen LogP contribution in [0, 0.1) is 0 Å². The van der Waals surface area contributed by atoms with E-state index in [0.29, 0.717) is 10.9 Å². The van der Waals surface area contributed by atoms with E-state index in [1.807, 2.05) is 18.4 Å². The third-order valence-corrected chi connectivity index (χ3v) is 4.65. The molecule has 0 radical (unpaired) electrons. The maximum absolute atomic E-state index is 12.0. The third-order valence-electron chi connectivity index (χ3n) is 2.31. The first-order chi connectivity index (χ1) is 9.58. The molecule has 8 heteroatoms. The smallest absolute Gasteiger partial charge is 0.266 e. The summed E-state index contributed by atoms with van der Waals surface area (Å²) in [5.74, 6) is 0.384. The zero-order valence-electron chi connectivity index (χ0n) is 10.8. The molecule has 0 saturated heterocycles. The van der Waals surface area contributed by atoms with Crippen molar-refractivity contribution >= 4 is 50.1 Å². The third kappa shape index (κ3) is 4.19. The fourth-order valence-corrected chi connectivity index (χ4v) is 2.76. The number of ether oxygens (including phenoxy) is 1. The Bertz CT molecular complexity index is 589. The van der Waals surface area contributed by atoms with Crippen molar-refractivity contribution in [3.8, 4) is 5.75 Å². The Morgan fingerprint density at radius 2 is 2.10 bits per heavy atom. The minimum absolute atomic E-state index is 0.253. The minimum Gasteiger partial charge on any atom is -0.481 e. The van der Waals surface area contributed by atoms with Gasteiger partial charge in [0.25, 0.3) is 5.91 Å². The van der Waals surface area contributed by atoms with Gasteiger partial charge in [-0.3, -0.25) is 10.1 Å². The van der Waals surface area contributed by atoms with Crippen LogP contribution in [0.3, 0.4) is 0 Å². The van der Waals surface area contributed by atoms with Gasteiger partial charge in [-0.25, -0.2) is 0 Å². The molecule has 1 aromatic carbocycles. The molecule has 0 fully saturated rings. The number of hydrogen-bond acceptors (Lipinski definition) is 6. The molecule has 0 saturated carbocycles. The van der Waals surface area contributed by atoms with Gasteiger partial charge < -0.3 is 4.74 Å². The number of carbonyl (C=O) groups is 1. The number of thioether (sulfide) groups is 1. The van der Waals surface area contributed by atoms with Crippen LogP contribution >= 0.6 is 39.0 Å². The summed E-state index contributed by atoms with van der Waals surface area (Å²) >= 11 is 6.16. The zero-order chi connectivity index (χ0) is 14.5. The second-order valence-electron chi connectivity index (χ2n) is 3.78. The van der Waals surface area contributed by atoms with Crippen molar-refractivity contribution in [2.75, 3.05) is 11.6 Å². The highest BCUT2D eigenvalue weighted by molar-refractivity contribution is 9.10. The fraction of sp³-hybridized carbons (Fsp3) is 0.250. The molecule has 1 heterocycles. The molecule has 106 valence electrons. The zero-order valence-corrected chi connectivity index (χ0v) is 14.0. The van der Waals surface area contributed by atoms with Gasteiger partial charge in [-0.1, -0.05) is 39.0 Å². The molecular formula is C12H12BrN3O2S2. The second kappa shape index (κ2) is 7.05. The highest BCUT2D eigenvalue weighted by Gasteiger charge is 2.16. The Labute approximate surface area is 133 Å². The van der Waals surface area contributed by atoms with Crippen LogP contribution < -0.4 is 10.1 Å². The molecule has 5 nitrogen and oxygen atoms in total. The quantitative estimate of drug-likeness (QED) is 0.642. The van der Waals surface area contributed by atoms with Crippen molar-refractivity contribution < 1.29 is 9.53 Å². The van der Waals surface area contributed by atoms with Crippen molar-refractivity contribution in [2.24, 2.45) is 0 Å². The number of nitrogens with one attached hydrogen (secondary N) is 1. The van der Waals surface area contributed by atoms with Crippen molar-refractivity contribution in [1.29, 1.82) is 0 Å². The Morgan fingerprint density at radius 1 is 1.40 bits per heavy atom. The van der Waals surface area contributed by atoms with E-state index >= 15 is 0 Å². The molecule has 0 aliphatic heterocycles. The average Bonchev–Trinajstić information content (AvgIpc) is 2.89.